The van der Waals surface area contributed by atoms with Gasteiger partial charge in [0.05, 0.1) is 17.5 Å². The molecule has 0 aliphatic carbocycles. The van der Waals surface area contributed by atoms with Crippen LogP contribution in [0.1, 0.15) is 27.9 Å². The summed E-state index contributed by atoms with van der Waals surface area (Å²) < 4.78 is 5.77. The van der Waals surface area contributed by atoms with Gasteiger partial charge in [-0.25, -0.2) is 0 Å². The highest BCUT2D eigenvalue weighted by Gasteiger charge is 2.36. The number of hydrogen-bond donors (Lipinski definition) is 2. The standard InChI is InChI=1S/C22H21BrClN3O5/c1-12-3-5-14(6-4-12)21(30)26-27-10-15(8-20(27)29)22(31)32-11-19(28)25-18-9-17(24)16(23)7-13(18)2/h3-7,9,15H,8,10-11H2,1-2H3,(H,25,28)(H,26,30)/t15-/m1/s1. The number of nitrogens with one attached hydrogen (secondary N) is 2. The van der Waals surface area contributed by atoms with E-state index in [0.717, 1.165) is 16.1 Å². The third-order valence-corrected chi connectivity index (χ3v) is 6.09. The van der Waals surface area contributed by atoms with Gasteiger partial charge in [0, 0.05) is 22.1 Å². The zero-order valence-corrected chi connectivity index (χ0v) is 19.7. The number of carbonyl (C=O) groups excluding carboxylic acids is 4. The van der Waals surface area contributed by atoms with Crippen LogP contribution in [0.25, 0.3) is 0 Å². The maximum absolute atomic E-state index is 12.3. The maximum Gasteiger partial charge on any atom is 0.311 e. The van der Waals surface area contributed by atoms with Gasteiger partial charge in [0.25, 0.3) is 11.8 Å². The van der Waals surface area contributed by atoms with Crippen LogP contribution in [0.15, 0.2) is 40.9 Å². The van der Waals surface area contributed by atoms with Gasteiger partial charge in [0.1, 0.15) is 0 Å². The Morgan fingerprint density at radius 3 is 2.56 bits per heavy atom. The number of amides is 3. The van der Waals surface area contributed by atoms with Gasteiger partial charge < -0.3 is 10.1 Å². The summed E-state index contributed by atoms with van der Waals surface area (Å²) in [6.07, 6.45) is -0.115. The zero-order valence-electron chi connectivity index (χ0n) is 17.4. The van der Waals surface area contributed by atoms with Crippen LogP contribution in [0.4, 0.5) is 5.69 Å². The first-order valence-corrected chi connectivity index (χ1v) is 10.9. The zero-order chi connectivity index (χ0) is 23.4. The van der Waals surface area contributed by atoms with Crippen LogP contribution in [0.2, 0.25) is 5.02 Å². The summed E-state index contributed by atoms with van der Waals surface area (Å²) in [6, 6.07) is 10.2. The molecule has 10 heteroatoms. The highest BCUT2D eigenvalue weighted by molar-refractivity contribution is 9.10. The fourth-order valence-electron chi connectivity index (χ4n) is 3.09. The molecule has 1 saturated heterocycles. The highest BCUT2D eigenvalue weighted by atomic mass is 79.9. The third kappa shape index (κ3) is 5.86. The first-order valence-electron chi connectivity index (χ1n) is 9.74. The Labute approximate surface area is 198 Å². The minimum absolute atomic E-state index is 0.0294. The van der Waals surface area contributed by atoms with Crippen LogP contribution in [-0.4, -0.2) is 41.9 Å². The van der Waals surface area contributed by atoms with Crippen LogP contribution >= 0.6 is 27.5 Å². The molecule has 2 aromatic rings. The molecule has 168 valence electrons. The Morgan fingerprint density at radius 1 is 1.19 bits per heavy atom. The lowest BCUT2D eigenvalue weighted by atomic mass is 10.1. The van der Waals surface area contributed by atoms with Crippen molar-refractivity contribution in [3.8, 4) is 0 Å². The Kier molecular flexibility index (Phi) is 7.52. The molecular formula is C22H21BrClN3O5. The number of hydrazine groups is 1. The minimum Gasteiger partial charge on any atom is -0.455 e. The predicted molar refractivity (Wildman–Crippen MR) is 122 cm³/mol. The van der Waals surface area contributed by atoms with Crippen molar-refractivity contribution >= 4 is 56.9 Å². The van der Waals surface area contributed by atoms with Crippen LogP contribution in [0.3, 0.4) is 0 Å². The fraction of sp³-hybridized carbons (Fsp3) is 0.273. The highest BCUT2D eigenvalue weighted by Crippen LogP contribution is 2.29. The average Bonchev–Trinajstić information content (AvgIpc) is 3.11. The summed E-state index contributed by atoms with van der Waals surface area (Å²) in [6.45, 7) is 3.16. The summed E-state index contributed by atoms with van der Waals surface area (Å²) in [5.74, 6) is -2.86. The quantitative estimate of drug-likeness (QED) is 0.566. The molecule has 1 aliphatic rings. The number of hydrogen-bond acceptors (Lipinski definition) is 5. The molecule has 1 atom stereocenters. The summed E-state index contributed by atoms with van der Waals surface area (Å²) in [5, 5.41) is 4.16. The number of benzene rings is 2. The van der Waals surface area contributed by atoms with Crippen LogP contribution < -0.4 is 10.7 Å². The molecule has 3 rings (SSSR count). The molecule has 0 bridgehead atoms. The van der Waals surface area contributed by atoms with Crippen molar-refractivity contribution < 1.29 is 23.9 Å². The molecule has 32 heavy (non-hydrogen) atoms. The fourth-order valence-corrected chi connectivity index (χ4v) is 3.71. The molecule has 0 spiro atoms. The molecule has 0 saturated carbocycles. The van der Waals surface area contributed by atoms with E-state index in [1.807, 2.05) is 6.92 Å². The van der Waals surface area contributed by atoms with Crippen molar-refractivity contribution in [2.24, 2.45) is 5.92 Å². The van der Waals surface area contributed by atoms with Crippen LogP contribution in [0.5, 0.6) is 0 Å². The lowest BCUT2D eigenvalue weighted by Crippen LogP contribution is -2.43. The Bertz CT molecular complexity index is 1070. The molecule has 0 aromatic heterocycles. The number of carbonyl (C=O) groups is 4. The van der Waals surface area contributed by atoms with Crippen molar-refractivity contribution in [3.63, 3.8) is 0 Å². The van der Waals surface area contributed by atoms with E-state index in [0.29, 0.717) is 20.7 Å². The Morgan fingerprint density at radius 2 is 1.88 bits per heavy atom. The van der Waals surface area contributed by atoms with E-state index < -0.39 is 36.2 Å². The van der Waals surface area contributed by atoms with E-state index in [4.69, 9.17) is 16.3 Å². The number of halogens is 2. The predicted octanol–water partition coefficient (Wildman–Crippen LogP) is 3.39. The first-order chi connectivity index (χ1) is 15.1. The van der Waals surface area contributed by atoms with Crippen molar-refractivity contribution in [2.75, 3.05) is 18.5 Å². The molecular weight excluding hydrogens is 502 g/mol. The van der Waals surface area contributed by atoms with Gasteiger partial charge in [-0.15, -0.1) is 0 Å². The van der Waals surface area contributed by atoms with Crippen molar-refractivity contribution in [1.82, 2.24) is 10.4 Å². The molecule has 8 nitrogen and oxygen atoms in total. The Hall–Kier alpha value is -2.91. The molecule has 1 fully saturated rings. The van der Waals surface area contributed by atoms with Gasteiger partial charge in [-0.05, 0) is 59.6 Å². The summed E-state index contributed by atoms with van der Waals surface area (Å²) in [4.78, 5) is 49.0. The van der Waals surface area contributed by atoms with Gasteiger partial charge in [0.2, 0.25) is 5.91 Å². The van der Waals surface area contributed by atoms with Crippen LogP contribution in [-0.2, 0) is 19.1 Å². The Balaban J connectivity index is 1.50. The smallest absolute Gasteiger partial charge is 0.311 e. The lowest BCUT2D eigenvalue weighted by Gasteiger charge is -2.17. The molecule has 2 aromatic carbocycles. The van der Waals surface area contributed by atoms with Crippen molar-refractivity contribution in [3.05, 3.63) is 62.6 Å². The van der Waals surface area contributed by atoms with E-state index in [-0.39, 0.29) is 13.0 Å². The summed E-state index contributed by atoms with van der Waals surface area (Å²) >= 11 is 9.34. The van der Waals surface area contributed by atoms with Crippen LogP contribution in [0, 0.1) is 19.8 Å². The number of nitrogens with zero attached hydrogens (tertiary/aromatic N) is 1. The summed E-state index contributed by atoms with van der Waals surface area (Å²) in [5.41, 5.74) is 5.19. The van der Waals surface area contributed by atoms with Crippen molar-refractivity contribution in [2.45, 2.75) is 20.3 Å². The molecule has 0 unspecified atom stereocenters. The van der Waals surface area contributed by atoms with E-state index >= 15 is 0 Å². The van der Waals surface area contributed by atoms with E-state index in [1.54, 1.807) is 43.3 Å². The van der Waals surface area contributed by atoms with E-state index in [1.165, 1.54) is 0 Å². The van der Waals surface area contributed by atoms with Gasteiger partial charge in [-0.3, -0.25) is 29.6 Å². The van der Waals surface area contributed by atoms with Gasteiger partial charge in [-0.2, -0.15) is 0 Å². The number of rotatable bonds is 6. The SMILES string of the molecule is Cc1ccc(C(=O)NN2C[C@H](C(=O)OCC(=O)Nc3cc(Cl)c(Br)cc3C)CC2=O)cc1. The minimum atomic E-state index is -0.780. The maximum atomic E-state index is 12.3. The lowest BCUT2D eigenvalue weighted by molar-refractivity contribution is -0.151. The molecule has 1 heterocycles. The topological polar surface area (TPSA) is 105 Å². The number of ether oxygens (including phenoxy) is 1. The van der Waals surface area contributed by atoms with Crippen molar-refractivity contribution in [1.29, 1.82) is 0 Å². The molecule has 1 aliphatic heterocycles. The number of esters is 1. The molecule has 3 amide bonds. The summed E-state index contributed by atoms with van der Waals surface area (Å²) in [7, 11) is 0. The largest absolute Gasteiger partial charge is 0.455 e. The monoisotopic (exact) mass is 521 g/mol. The molecule has 2 N–H and O–H groups in total. The number of aryl methyl sites for hydroxylation is 2. The second kappa shape index (κ2) is 10.1. The third-order valence-electron chi connectivity index (χ3n) is 4.90. The molecule has 0 radical (unpaired) electrons. The van der Waals surface area contributed by atoms with Gasteiger partial charge in [-0.1, -0.05) is 29.3 Å². The van der Waals surface area contributed by atoms with Gasteiger partial charge in [0.15, 0.2) is 6.61 Å². The van der Waals surface area contributed by atoms with E-state index in [2.05, 4.69) is 26.7 Å². The second-order valence-corrected chi connectivity index (χ2v) is 8.71. The second-order valence-electron chi connectivity index (χ2n) is 7.45. The normalized spacial score (nSPS) is 15.4. The first kappa shape index (κ1) is 23.7. The van der Waals surface area contributed by atoms with E-state index in [9.17, 15) is 19.2 Å². The average molecular weight is 523 g/mol. The van der Waals surface area contributed by atoms with Gasteiger partial charge >= 0.3 is 5.97 Å². The number of anilines is 1.